The van der Waals surface area contributed by atoms with Gasteiger partial charge in [0.25, 0.3) is 0 Å². The van der Waals surface area contributed by atoms with Crippen molar-refractivity contribution >= 4 is 11.8 Å². The Morgan fingerprint density at radius 1 is 1.44 bits per heavy atom. The van der Waals surface area contributed by atoms with Crippen LogP contribution >= 0.6 is 0 Å². The molecule has 94 valence electrons. The van der Waals surface area contributed by atoms with Crippen LogP contribution in [-0.2, 0) is 0 Å². The smallest absolute Gasteiger partial charge is 0.317 e. The standard InChI is InChI=1S/C12H14N4O2/c1-2-18-11-8-10(14-12(13)17)16(15-11)9-6-4-3-5-7-9/h3-8H,2H2,1H3,(H3,13,14,17). The summed E-state index contributed by atoms with van der Waals surface area (Å²) in [6.45, 7) is 2.37. The molecule has 0 aliphatic heterocycles. The fraction of sp³-hybridized carbons (Fsp3) is 0.167. The molecule has 6 heteroatoms. The number of carbonyl (C=O) groups is 1. The number of nitrogens with one attached hydrogen (secondary N) is 1. The number of primary amides is 1. The summed E-state index contributed by atoms with van der Waals surface area (Å²) in [5, 5.41) is 6.76. The maximum absolute atomic E-state index is 10.9. The van der Waals surface area contributed by atoms with Gasteiger partial charge in [-0.15, -0.1) is 5.10 Å². The molecule has 0 aliphatic rings. The maximum Gasteiger partial charge on any atom is 0.317 e. The number of benzene rings is 1. The van der Waals surface area contributed by atoms with E-state index in [2.05, 4.69) is 10.4 Å². The summed E-state index contributed by atoms with van der Waals surface area (Å²) in [5.41, 5.74) is 5.93. The zero-order valence-corrected chi connectivity index (χ0v) is 9.96. The molecule has 0 aliphatic carbocycles. The number of anilines is 1. The Hall–Kier alpha value is -2.50. The van der Waals surface area contributed by atoms with Gasteiger partial charge in [-0.25, -0.2) is 9.48 Å². The third-order valence-electron chi connectivity index (χ3n) is 2.23. The van der Waals surface area contributed by atoms with E-state index in [1.54, 1.807) is 10.7 Å². The number of urea groups is 1. The van der Waals surface area contributed by atoms with Crippen molar-refractivity contribution in [3.8, 4) is 11.6 Å². The van der Waals surface area contributed by atoms with Crippen molar-refractivity contribution in [1.29, 1.82) is 0 Å². The lowest BCUT2D eigenvalue weighted by atomic mass is 10.3. The third kappa shape index (κ3) is 2.60. The monoisotopic (exact) mass is 246 g/mol. The van der Waals surface area contributed by atoms with Crippen molar-refractivity contribution < 1.29 is 9.53 Å². The average Bonchev–Trinajstić information content (AvgIpc) is 2.73. The number of rotatable bonds is 4. The predicted molar refractivity (Wildman–Crippen MR) is 67.9 cm³/mol. The van der Waals surface area contributed by atoms with E-state index >= 15 is 0 Å². The van der Waals surface area contributed by atoms with Crippen LogP contribution in [0, 0.1) is 0 Å². The van der Waals surface area contributed by atoms with E-state index in [1.807, 2.05) is 37.3 Å². The topological polar surface area (TPSA) is 82.2 Å². The summed E-state index contributed by atoms with van der Waals surface area (Å²) >= 11 is 0. The zero-order valence-electron chi connectivity index (χ0n) is 9.96. The molecule has 2 aromatic rings. The average molecular weight is 246 g/mol. The molecule has 3 N–H and O–H groups in total. The van der Waals surface area contributed by atoms with Gasteiger partial charge in [-0.2, -0.15) is 0 Å². The highest BCUT2D eigenvalue weighted by Gasteiger charge is 2.11. The van der Waals surface area contributed by atoms with Gasteiger partial charge in [-0.05, 0) is 19.1 Å². The summed E-state index contributed by atoms with van der Waals surface area (Å²) < 4.78 is 6.87. The highest BCUT2D eigenvalue weighted by molar-refractivity contribution is 5.87. The van der Waals surface area contributed by atoms with Gasteiger partial charge in [0.15, 0.2) is 0 Å². The van der Waals surface area contributed by atoms with Gasteiger partial charge in [0.1, 0.15) is 5.82 Å². The first kappa shape index (κ1) is 12.0. The van der Waals surface area contributed by atoms with Crippen molar-refractivity contribution in [2.45, 2.75) is 6.92 Å². The zero-order chi connectivity index (χ0) is 13.0. The molecule has 1 heterocycles. The lowest BCUT2D eigenvalue weighted by molar-refractivity contribution is 0.259. The number of nitrogens with two attached hydrogens (primary N) is 1. The first-order valence-corrected chi connectivity index (χ1v) is 5.55. The quantitative estimate of drug-likeness (QED) is 0.862. The predicted octanol–water partition coefficient (Wildman–Crippen LogP) is 1.76. The molecule has 0 bridgehead atoms. The van der Waals surface area contributed by atoms with E-state index < -0.39 is 6.03 Å². The van der Waals surface area contributed by atoms with E-state index in [1.165, 1.54) is 0 Å². The molecule has 0 saturated carbocycles. The summed E-state index contributed by atoms with van der Waals surface area (Å²) in [6, 6.07) is 10.4. The van der Waals surface area contributed by atoms with E-state index in [-0.39, 0.29) is 0 Å². The fourth-order valence-corrected chi connectivity index (χ4v) is 1.56. The molecule has 2 amide bonds. The molecular formula is C12H14N4O2. The van der Waals surface area contributed by atoms with Crippen LogP contribution in [0.3, 0.4) is 0 Å². The first-order chi connectivity index (χ1) is 8.70. The molecule has 0 saturated heterocycles. The number of aromatic nitrogens is 2. The molecular weight excluding hydrogens is 232 g/mol. The lowest BCUT2D eigenvalue weighted by Crippen LogP contribution is -2.21. The second kappa shape index (κ2) is 5.22. The van der Waals surface area contributed by atoms with Crippen LogP contribution in [0.15, 0.2) is 36.4 Å². The normalized spacial score (nSPS) is 10.1. The van der Waals surface area contributed by atoms with E-state index in [0.717, 1.165) is 5.69 Å². The summed E-state index contributed by atoms with van der Waals surface area (Å²) in [7, 11) is 0. The molecule has 18 heavy (non-hydrogen) atoms. The van der Waals surface area contributed by atoms with Crippen molar-refractivity contribution in [3.05, 3.63) is 36.4 Å². The molecule has 6 nitrogen and oxygen atoms in total. The lowest BCUT2D eigenvalue weighted by Gasteiger charge is -2.06. The largest absolute Gasteiger partial charge is 0.477 e. The highest BCUT2D eigenvalue weighted by Crippen LogP contribution is 2.21. The molecule has 0 radical (unpaired) electrons. The Kier molecular flexibility index (Phi) is 3.47. The number of hydrogen-bond acceptors (Lipinski definition) is 3. The van der Waals surface area contributed by atoms with E-state index in [9.17, 15) is 4.79 Å². The van der Waals surface area contributed by atoms with Crippen molar-refractivity contribution in [1.82, 2.24) is 9.78 Å². The van der Waals surface area contributed by atoms with Gasteiger partial charge >= 0.3 is 6.03 Å². The Balaban J connectivity index is 2.40. The minimum Gasteiger partial charge on any atom is -0.477 e. The van der Waals surface area contributed by atoms with E-state index in [4.69, 9.17) is 10.5 Å². The van der Waals surface area contributed by atoms with Crippen molar-refractivity contribution in [2.24, 2.45) is 5.73 Å². The van der Waals surface area contributed by atoms with Gasteiger partial charge in [-0.1, -0.05) is 18.2 Å². The SMILES string of the molecule is CCOc1cc(NC(N)=O)n(-c2ccccc2)n1. The van der Waals surface area contributed by atoms with Crippen LogP contribution in [0.25, 0.3) is 5.69 Å². The van der Waals surface area contributed by atoms with Crippen LogP contribution in [0.5, 0.6) is 5.88 Å². The van der Waals surface area contributed by atoms with Crippen LogP contribution < -0.4 is 15.8 Å². The highest BCUT2D eigenvalue weighted by atomic mass is 16.5. The maximum atomic E-state index is 10.9. The van der Waals surface area contributed by atoms with Gasteiger partial charge in [0.05, 0.1) is 12.3 Å². The number of amides is 2. The molecule has 2 rings (SSSR count). The number of para-hydroxylation sites is 1. The molecule has 0 fully saturated rings. The molecule has 0 spiro atoms. The van der Waals surface area contributed by atoms with Crippen LogP contribution in [-0.4, -0.2) is 22.4 Å². The second-order valence-electron chi connectivity index (χ2n) is 3.54. The van der Waals surface area contributed by atoms with E-state index in [0.29, 0.717) is 18.3 Å². The number of nitrogens with zero attached hydrogens (tertiary/aromatic N) is 2. The van der Waals surface area contributed by atoms with Gasteiger partial charge in [0.2, 0.25) is 5.88 Å². The Morgan fingerprint density at radius 2 is 2.17 bits per heavy atom. The third-order valence-corrected chi connectivity index (χ3v) is 2.23. The van der Waals surface area contributed by atoms with Crippen molar-refractivity contribution in [2.75, 3.05) is 11.9 Å². The summed E-state index contributed by atoms with van der Waals surface area (Å²) in [5.74, 6) is 0.905. The Labute approximate surface area is 104 Å². The second-order valence-corrected chi connectivity index (χ2v) is 3.54. The summed E-state index contributed by atoms with van der Waals surface area (Å²) in [6.07, 6.45) is 0. The van der Waals surface area contributed by atoms with Crippen LogP contribution in [0.2, 0.25) is 0 Å². The minimum atomic E-state index is -0.643. The van der Waals surface area contributed by atoms with Gasteiger partial charge in [0, 0.05) is 6.07 Å². The minimum absolute atomic E-state index is 0.435. The number of hydrogen-bond donors (Lipinski definition) is 2. The van der Waals surface area contributed by atoms with Crippen LogP contribution in [0.4, 0.5) is 10.6 Å². The van der Waals surface area contributed by atoms with Crippen LogP contribution in [0.1, 0.15) is 6.92 Å². The molecule has 0 unspecified atom stereocenters. The number of ether oxygens (including phenoxy) is 1. The molecule has 1 aromatic heterocycles. The van der Waals surface area contributed by atoms with Gasteiger partial charge in [-0.3, -0.25) is 5.32 Å². The number of carbonyl (C=O) groups excluding carboxylic acids is 1. The molecule has 0 atom stereocenters. The molecule has 1 aromatic carbocycles. The Morgan fingerprint density at radius 3 is 2.78 bits per heavy atom. The fourth-order valence-electron chi connectivity index (χ4n) is 1.56. The Bertz CT molecular complexity index is 536. The van der Waals surface area contributed by atoms with Gasteiger partial charge < -0.3 is 10.5 Å². The van der Waals surface area contributed by atoms with Crippen molar-refractivity contribution in [3.63, 3.8) is 0 Å². The first-order valence-electron chi connectivity index (χ1n) is 5.55. The summed E-state index contributed by atoms with van der Waals surface area (Å²) in [4.78, 5) is 10.9.